The van der Waals surface area contributed by atoms with E-state index in [0.29, 0.717) is 10.6 Å². The van der Waals surface area contributed by atoms with E-state index < -0.39 is 10.0 Å². The van der Waals surface area contributed by atoms with Crippen molar-refractivity contribution in [3.8, 4) is 10.6 Å². The van der Waals surface area contributed by atoms with Gasteiger partial charge in [-0.3, -0.25) is 0 Å². The number of halogens is 2. The second kappa shape index (κ2) is 6.32. The normalized spacial score (nSPS) is 10.2. The Kier molecular flexibility index (Phi) is 6.08. The predicted octanol–water partition coefficient (Wildman–Crippen LogP) is 2.30. The number of hydrogen-bond donors (Lipinski definition) is 1. The number of aromatic nitrogens is 1. The average molecular weight is 313 g/mol. The molecule has 8 heteroatoms. The van der Waals surface area contributed by atoms with Crippen LogP contribution in [0.3, 0.4) is 0 Å². The zero-order chi connectivity index (χ0) is 10.9. The largest absolute Gasteiger partial charge is 0.245 e. The molecule has 0 saturated carbocycles. The molecule has 1 heterocycles. The van der Waals surface area contributed by atoms with Gasteiger partial charge in [0.1, 0.15) is 5.01 Å². The van der Waals surface area contributed by atoms with Crippen molar-refractivity contribution in [1.29, 1.82) is 0 Å². The Labute approximate surface area is 116 Å². The highest BCUT2D eigenvalue weighted by molar-refractivity contribution is 7.89. The molecule has 1 aromatic heterocycles. The van der Waals surface area contributed by atoms with Gasteiger partial charge in [0, 0.05) is 17.1 Å². The smallest absolute Gasteiger partial charge is 0.238 e. The Morgan fingerprint density at radius 2 is 1.82 bits per heavy atom. The number of primary sulfonamides is 1. The summed E-state index contributed by atoms with van der Waals surface area (Å²) in [4.78, 5) is 4.17. The van der Waals surface area contributed by atoms with Crippen molar-refractivity contribution in [1.82, 2.24) is 4.98 Å². The molecule has 0 unspecified atom stereocenters. The molecule has 2 rings (SSSR count). The summed E-state index contributed by atoms with van der Waals surface area (Å²) in [6.07, 6.45) is 1.62. The van der Waals surface area contributed by atoms with Gasteiger partial charge >= 0.3 is 0 Å². The molecule has 94 valence electrons. The minimum atomic E-state index is -3.69. The van der Waals surface area contributed by atoms with E-state index in [9.17, 15) is 8.42 Å². The highest BCUT2D eigenvalue weighted by Crippen LogP contribution is 2.27. The number of sulfonamides is 1. The second-order valence-electron chi connectivity index (χ2n) is 2.88. The quantitative estimate of drug-likeness (QED) is 0.924. The van der Waals surface area contributed by atoms with E-state index in [1.165, 1.54) is 17.4 Å². The number of rotatable bonds is 2. The number of hydrogen-bond acceptors (Lipinski definition) is 4. The van der Waals surface area contributed by atoms with E-state index in [0.717, 1.165) is 0 Å². The first-order valence-corrected chi connectivity index (χ1v) is 6.53. The summed E-state index contributed by atoms with van der Waals surface area (Å²) < 4.78 is 22.6. The molecule has 0 spiro atoms. The van der Waals surface area contributed by atoms with Gasteiger partial charge in [0.2, 0.25) is 10.0 Å². The van der Waals surface area contributed by atoms with Crippen LogP contribution in [0.25, 0.3) is 10.6 Å². The molecule has 0 aliphatic carbocycles. The highest BCUT2D eigenvalue weighted by atomic mass is 35.5. The molecule has 0 atom stereocenters. The maximum absolute atomic E-state index is 11.3. The predicted molar refractivity (Wildman–Crippen MR) is 73.4 cm³/mol. The van der Waals surface area contributed by atoms with Gasteiger partial charge in [-0.25, -0.2) is 18.5 Å². The van der Waals surface area contributed by atoms with Crippen molar-refractivity contribution in [2.75, 3.05) is 0 Å². The van der Waals surface area contributed by atoms with Gasteiger partial charge in [-0.15, -0.1) is 36.2 Å². The van der Waals surface area contributed by atoms with E-state index in [4.69, 9.17) is 5.14 Å². The van der Waals surface area contributed by atoms with Gasteiger partial charge in [0.05, 0.1) is 4.90 Å². The Bertz CT molecular complexity index is 570. The van der Waals surface area contributed by atoms with Gasteiger partial charge in [-0.1, -0.05) is 18.2 Å². The summed E-state index contributed by atoms with van der Waals surface area (Å²) in [5.74, 6) is 0. The molecule has 0 saturated heterocycles. The van der Waals surface area contributed by atoms with Crippen LogP contribution in [0, 0.1) is 0 Å². The Morgan fingerprint density at radius 1 is 1.18 bits per heavy atom. The van der Waals surface area contributed by atoms with E-state index in [-0.39, 0.29) is 29.7 Å². The van der Waals surface area contributed by atoms with Crippen molar-refractivity contribution in [3.05, 3.63) is 35.8 Å². The van der Waals surface area contributed by atoms with Crippen molar-refractivity contribution in [2.24, 2.45) is 5.14 Å². The molecule has 0 fully saturated rings. The summed E-state index contributed by atoms with van der Waals surface area (Å²) in [5, 5.41) is 7.55. The number of nitrogens with two attached hydrogens (primary N) is 1. The van der Waals surface area contributed by atoms with Gasteiger partial charge in [-0.2, -0.15) is 0 Å². The monoisotopic (exact) mass is 312 g/mol. The zero-order valence-corrected chi connectivity index (χ0v) is 11.7. The Balaban J connectivity index is 0.00000128. The molecular weight excluding hydrogens is 303 g/mol. The Morgan fingerprint density at radius 3 is 2.35 bits per heavy atom. The van der Waals surface area contributed by atoms with Crippen LogP contribution in [0.1, 0.15) is 0 Å². The van der Waals surface area contributed by atoms with Crippen molar-refractivity contribution in [3.63, 3.8) is 0 Å². The van der Waals surface area contributed by atoms with E-state index in [2.05, 4.69) is 4.98 Å². The third-order valence-electron chi connectivity index (χ3n) is 1.86. The first-order valence-electron chi connectivity index (χ1n) is 4.11. The van der Waals surface area contributed by atoms with Crippen LogP contribution in [-0.2, 0) is 10.0 Å². The van der Waals surface area contributed by atoms with Gasteiger partial charge in [0.15, 0.2) is 0 Å². The van der Waals surface area contributed by atoms with Crippen LogP contribution in [0.15, 0.2) is 40.7 Å². The molecule has 17 heavy (non-hydrogen) atoms. The van der Waals surface area contributed by atoms with E-state index in [1.807, 2.05) is 0 Å². The lowest BCUT2D eigenvalue weighted by Gasteiger charge is -2.03. The fraction of sp³-hybridized carbons (Fsp3) is 0. The highest BCUT2D eigenvalue weighted by Gasteiger charge is 2.15. The third-order valence-corrected chi connectivity index (χ3v) is 3.63. The van der Waals surface area contributed by atoms with Gasteiger partial charge < -0.3 is 0 Å². The topological polar surface area (TPSA) is 73.1 Å². The average Bonchev–Trinajstić information content (AvgIpc) is 2.69. The van der Waals surface area contributed by atoms with Crippen LogP contribution < -0.4 is 5.14 Å². The van der Waals surface area contributed by atoms with Crippen LogP contribution in [0.5, 0.6) is 0 Å². The summed E-state index contributed by atoms with van der Waals surface area (Å²) in [6.45, 7) is 0. The molecule has 2 aromatic rings. The van der Waals surface area contributed by atoms with E-state index in [1.54, 1.807) is 29.8 Å². The van der Waals surface area contributed by atoms with Gasteiger partial charge in [-0.05, 0) is 6.07 Å². The minimum absolute atomic E-state index is 0. The van der Waals surface area contributed by atoms with Crippen molar-refractivity contribution in [2.45, 2.75) is 4.90 Å². The van der Waals surface area contributed by atoms with Crippen LogP contribution in [-0.4, -0.2) is 13.4 Å². The van der Waals surface area contributed by atoms with Crippen molar-refractivity contribution >= 4 is 46.2 Å². The maximum Gasteiger partial charge on any atom is 0.238 e. The van der Waals surface area contributed by atoms with Gasteiger partial charge in [0.25, 0.3) is 0 Å². The number of nitrogens with zero attached hydrogens (tertiary/aromatic N) is 1. The van der Waals surface area contributed by atoms with Crippen LogP contribution in [0.2, 0.25) is 0 Å². The Hall–Kier alpha value is -0.660. The maximum atomic E-state index is 11.3. The van der Waals surface area contributed by atoms with E-state index >= 15 is 0 Å². The van der Waals surface area contributed by atoms with Crippen LogP contribution in [0.4, 0.5) is 0 Å². The molecule has 4 nitrogen and oxygen atoms in total. The standard InChI is InChI=1S/C9H8N2O2S2.2ClH/c10-15(12,13)8-4-2-1-3-7(8)9-11-5-6-14-9;;/h1-6H,(H2,10,12,13);2*1H. The minimum Gasteiger partial charge on any atom is -0.245 e. The molecule has 0 amide bonds. The second-order valence-corrected chi connectivity index (χ2v) is 5.30. The molecule has 0 radical (unpaired) electrons. The fourth-order valence-electron chi connectivity index (χ4n) is 1.25. The first-order chi connectivity index (χ1) is 7.09. The number of thiazole rings is 1. The SMILES string of the molecule is Cl.Cl.NS(=O)(=O)c1ccccc1-c1nccs1. The fourth-order valence-corrected chi connectivity index (χ4v) is 2.73. The summed E-state index contributed by atoms with van der Waals surface area (Å²) in [6, 6.07) is 6.56. The summed E-state index contributed by atoms with van der Waals surface area (Å²) in [5.41, 5.74) is 0.551. The van der Waals surface area contributed by atoms with Crippen molar-refractivity contribution < 1.29 is 8.42 Å². The molecule has 2 N–H and O–H groups in total. The first kappa shape index (κ1) is 16.3. The molecule has 0 aliphatic heterocycles. The molecule has 0 bridgehead atoms. The summed E-state index contributed by atoms with van der Waals surface area (Å²) in [7, 11) is -3.69. The summed E-state index contributed by atoms with van der Waals surface area (Å²) >= 11 is 1.38. The van der Waals surface area contributed by atoms with Crippen LogP contribution >= 0.6 is 36.2 Å². The molecule has 0 aliphatic rings. The third kappa shape index (κ3) is 3.65. The zero-order valence-electron chi connectivity index (χ0n) is 8.44. The lowest BCUT2D eigenvalue weighted by atomic mass is 10.2. The number of benzene rings is 1. The lowest BCUT2D eigenvalue weighted by Crippen LogP contribution is -2.13. The molecule has 1 aromatic carbocycles. The molecular formula is C9H10Cl2N2O2S2. The lowest BCUT2D eigenvalue weighted by molar-refractivity contribution is 0.598.